The first-order valence-electron chi connectivity index (χ1n) is 6.09. The molecule has 0 saturated heterocycles. The van der Waals surface area contributed by atoms with Gasteiger partial charge in [0.05, 0.1) is 17.7 Å². The molecule has 1 heterocycles. The monoisotopic (exact) mass is 243 g/mol. The lowest BCUT2D eigenvalue weighted by atomic mass is 10.1. The normalized spacial score (nSPS) is 10.5. The highest BCUT2D eigenvalue weighted by Gasteiger charge is 2.10. The SMILES string of the molecule is CCCCOc1nc2ccccc2cc1C(=N)N. The third-order valence-corrected chi connectivity index (χ3v) is 2.72. The van der Waals surface area contributed by atoms with E-state index >= 15 is 0 Å². The van der Waals surface area contributed by atoms with Gasteiger partial charge in [-0.1, -0.05) is 31.5 Å². The lowest BCUT2D eigenvalue weighted by Crippen LogP contribution is -2.14. The average Bonchev–Trinajstić information content (AvgIpc) is 2.38. The number of nitrogen functional groups attached to an aromatic ring is 1. The molecule has 0 atom stereocenters. The molecule has 4 heteroatoms. The highest BCUT2D eigenvalue weighted by molar-refractivity contribution is 6.00. The quantitative estimate of drug-likeness (QED) is 0.482. The molecule has 2 aromatic rings. The number of hydrogen-bond donors (Lipinski definition) is 2. The maximum absolute atomic E-state index is 7.59. The van der Waals surface area contributed by atoms with Crippen LogP contribution >= 0.6 is 0 Å². The number of aromatic nitrogens is 1. The van der Waals surface area contributed by atoms with Crippen molar-refractivity contribution >= 4 is 16.7 Å². The molecule has 18 heavy (non-hydrogen) atoms. The van der Waals surface area contributed by atoms with Gasteiger partial charge in [0, 0.05) is 5.39 Å². The van der Waals surface area contributed by atoms with E-state index in [0.29, 0.717) is 18.1 Å². The summed E-state index contributed by atoms with van der Waals surface area (Å²) in [6.07, 6.45) is 2.02. The molecule has 0 fully saturated rings. The van der Waals surface area contributed by atoms with Crippen LogP contribution in [0.25, 0.3) is 10.9 Å². The Balaban J connectivity index is 2.41. The molecule has 0 aliphatic rings. The Bertz CT molecular complexity index is 566. The molecule has 0 aliphatic heterocycles. The summed E-state index contributed by atoms with van der Waals surface area (Å²) in [5.74, 6) is 0.439. The van der Waals surface area contributed by atoms with Crippen LogP contribution in [-0.2, 0) is 0 Å². The van der Waals surface area contributed by atoms with Gasteiger partial charge in [0.1, 0.15) is 5.84 Å². The molecule has 94 valence electrons. The number of pyridine rings is 1. The number of nitrogens with zero attached hydrogens (tertiary/aromatic N) is 1. The molecule has 1 aromatic carbocycles. The number of nitrogens with two attached hydrogens (primary N) is 1. The van der Waals surface area contributed by atoms with Crippen molar-refractivity contribution in [3.63, 3.8) is 0 Å². The molecule has 0 spiro atoms. The third kappa shape index (κ3) is 2.59. The van der Waals surface area contributed by atoms with Crippen LogP contribution in [0, 0.1) is 5.41 Å². The van der Waals surface area contributed by atoms with E-state index in [1.54, 1.807) is 0 Å². The van der Waals surface area contributed by atoms with E-state index in [1.165, 1.54) is 0 Å². The molecule has 1 aromatic heterocycles. The fourth-order valence-corrected chi connectivity index (χ4v) is 1.71. The summed E-state index contributed by atoms with van der Waals surface area (Å²) in [6, 6.07) is 9.59. The molecule has 0 unspecified atom stereocenters. The van der Waals surface area contributed by atoms with Crippen LogP contribution in [0.1, 0.15) is 25.3 Å². The molecule has 2 rings (SSSR count). The molecule has 4 nitrogen and oxygen atoms in total. The smallest absolute Gasteiger partial charge is 0.225 e. The summed E-state index contributed by atoms with van der Waals surface area (Å²) in [5.41, 5.74) is 6.99. The number of rotatable bonds is 5. The number of hydrogen-bond acceptors (Lipinski definition) is 3. The maximum Gasteiger partial charge on any atom is 0.225 e. The van der Waals surface area contributed by atoms with Gasteiger partial charge >= 0.3 is 0 Å². The number of para-hydroxylation sites is 1. The second kappa shape index (κ2) is 5.49. The van der Waals surface area contributed by atoms with Crippen molar-refractivity contribution in [1.82, 2.24) is 4.98 Å². The number of amidine groups is 1. The van der Waals surface area contributed by atoms with Gasteiger partial charge in [-0.3, -0.25) is 5.41 Å². The van der Waals surface area contributed by atoms with Gasteiger partial charge in [0.15, 0.2) is 0 Å². The summed E-state index contributed by atoms with van der Waals surface area (Å²) >= 11 is 0. The van der Waals surface area contributed by atoms with E-state index in [9.17, 15) is 0 Å². The van der Waals surface area contributed by atoms with Gasteiger partial charge in [-0.05, 0) is 18.6 Å². The van der Waals surface area contributed by atoms with Crippen molar-refractivity contribution in [3.8, 4) is 5.88 Å². The van der Waals surface area contributed by atoms with Gasteiger partial charge < -0.3 is 10.5 Å². The molecule has 0 aliphatic carbocycles. The lowest BCUT2D eigenvalue weighted by molar-refractivity contribution is 0.298. The zero-order valence-corrected chi connectivity index (χ0v) is 10.4. The molecule has 0 saturated carbocycles. The molecular formula is C14H17N3O. The zero-order chi connectivity index (χ0) is 13.0. The lowest BCUT2D eigenvalue weighted by Gasteiger charge is -2.10. The fourth-order valence-electron chi connectivity index (χ4n) is 1.71. The molecule has 0 radical (unpaired) electrons. The number of benzene rings is 1. The zero-order valence-electron chi connectivity index (χ0n) is 10.4. The number of nitrogens with one attached hydrogen (secondary N) is 1. The van der Waals surface area contributed by atoms with Gasteiger partial charge in [0.25, 0.3) is 0 Å². The van der Waals surface area contributed by atoms with Crippen molar-refractivity contribution in [2.24, 2.45) is 5.73 Å². The van der Waals surface area contributed by atoms with Gasteiger partial charge in [-0.15, -0.1) is 0 Å². The molecule has 0 bridgehead atoms. The van der Waals surface area contributed by atoms with E-state index in [2.05, 4.69) is 11.9 Å². The minimum absolute atomic E-state index is 0.0141. The molecule has 0 amide bonds. The van der Waals surface area contributed by atoms with Crippen LogP contribution in [0.3, 0.4) is 0 Å². The van der Waals surface area contributed by atoms with Gasteiger partial charge in [0.2, 0.25) is 5.88 Å². The third-order valence-electron chi connectivity index (χ3n) is 2.72. The highest BCUT2D eigenvalue weighted by Crippen LogP contribution is 2.22. The van der Waals surface area contributed by atoms with Gasteiger partial charge in [-0.25, -0.2) is 4.98 Å². The van der Waals surface area contributed by atoms with E-state index in [0.717, 1.165) is 23.7 Å². The second-order valence-corrected chi connectivity index (χ2v) is 4.15. The number of unbranched alkanes of at least 4 members (excludes halogenated alkanes) is 1. The van der Waals surface area contributed by atoms with Crippen LogP contribution in [0.5, 0.6) is 5.88 Å². The summed E-state index contributed by atoms with van der Waals surface area (Å²) < 4.78 is 5.62. The summed E-state index contributed by atoms with van der Waals surface area (Å²) in [6.45, 7) is 2.70. The first kappa shape index (κ1) is 12.4. The Labute approximate surface area is 106 Å². The Morgan fingerprint density at radius 2 is 2.17 bits per heavy atom. The van der Waals surface area contributed by atoms with Crippen molar-refractivity contribution in [2.45, 2.75) is 19.8 Å². The van der Waals surface area contributed by atoms with Crippen molar-refractivity contribution in [1.29, 1.82) is 5.41 Å². The minimum atomic E-state index is -0.0141. The first-order valence-corrected chi connectivity index (χ1v) is 6.09. The standard InChI is InChI=1S/C14H17N3O/c1-2-3-8-18-14-11(13(15)16)9-10-6-4-5-7-12(10)17-14/h4-7,9H,2-3,8H2,1H3,(H3,15,16). The topological polar surface area (TPSA) is 72.0 Å². The Kier molecular flexibility index (Phi) is 3.77. The van der Waals surface area contributed by atoms with Gasteiger partial charge in [-0.2, -0.15) is 0 Å². The first-order chi connectivity index (χ1) is 8.72. The average molecular weight is 243 g/mol. The summed E-state index contributed by atoms with van der Waals surface area (Å²) in [5, 5.41) is 8.55. The van der Waals surface area contributed by atoms with E-state index in [-0.39, 0.29) is 5.84 Å². The largest absolute Gasteiger partial charge is 0.477 e. The Hall–Kier alpha value is -2.10. The molecular weight excluding hydrogens is 226 g/mol. The van der Waals surface area contributed by atoms with Crippen LogP contribution < -0.4 is 10.5 Å². The van der Waals surface area contributed by atoms with Crippen LogP contribution in [0.2, 0.25) is 0 Å². The Morgan fingerprint density at radius 3 is 2.89 bits per heavy atom. The van der Waals surface area contributed by atoms with Crippen LogP contribution in [-0.4, -0.2) is 17.4 Å². The fraction of sp³-hybridized carbons (Fsp3) is 0.286. The summed E-state index contributed by atoms with van der Waals surface area (Å²) in [4.78, 5) is 4.43. The molecule has 3 N–H and O–H groups in total. The summed E-state index contributed by atoms with van der Waals surface area (Å²) in [7, 11) is 0. The minimum Gasteiger partial charge on any atom is -0.477 e. The maximum atomic E-state index is 7.59. The highest BCUT2D eigenvalue weighted by atomic mass is 16.5. The Morgan fingerprint density at radius 1 is 1.39 bits per heavy atom. The van der Waals surface area contributed by atoms with E-state index in [4.69, 9.17) is 15.9 Å². The van der Waals surface area contributed by atoms with E-state index in [1.807, 2.05) is 30.3 Å². The predicted octanol–water partition coefficient (Wildman–Crippen LogP) is 2.70. The number of ether oxygens (including phenoxy) is 1. The van der Waals surface area contributed by atoms with Crippen LogP contribution in [0.4, 0.5) is 0 Å². The van der Waals surface area contributed by atoms with Crippen molar-refractivity contribution in [3.05, 3.63) is 35.9 Å². The van der Waals surface area contributed by atoms with E-state index < -0.39 is 0 Å². The second-order valence-electron chi connectivity index (χ2n) is 4.15. The number of fused-ring (bicyclic) bond motifs is 1. The van der Waals surface area contributed by atoms with Crippen molar-refractivity contribution < 1.29 is 4.74 Å². The predicted molar refractivity (Wildman–Crippen MR) is 73.2 cm³/mol. The van der Waals surface area contributed by atoms with Crippen LogP contribution in [0.15, 0.2) is 30.3 Å². The van der Waals surface area contributed by atoms with Crippen molar-refractivity contribution in [2.75, 3.05) is 6.61 Å².